The van der Waals surface area contributed by atoms with E-state index in [1.807, 2.05) is 6.92 Å². The average Bonchev–Trinajstić information content (AvgIpc) is 2.53. The number of halogens is 1. The summed E-state index contributed by atoms with van der Waals surface area (Å²) in [5.41, 5.74) is 6.07. The summed E-state index contributed by atoms with van der Waals surface area (Å²) in [5.74, 6) is 1.26. The van der Waals surface area contributed by atoms with Gasteiger partial charge in [-0.05, 0) is 37.3 Å². The third-order valence-corrected chi connectivity index (χ3v) is 4.15. The molecule has 1 saturated heterocycles. The van der Waals surface area contributed by atoms with Crippen LogP contribution in [0, 0.1) is 11.7 Å². The molecule has 4 nitrogen and oxygen atoms in total. The van der Waals surface area contributed by atoms with Gasteiger partial charge in [0, 0.05) is 13.1 Å². The predicted molar refractivity (Wildman–Crippen MR) is 87.6 cm³/mol. The van der Waals surface area contributed by atoms with E-state index in [-0.39, 0.29) is 17.7 Å². The monoisotopic (exact) mass is 307 g/mol. The van der Waals surface area contributed by atoms with Crippen molar-refractivity contribution in [2.45, 2.75) is 39.2 Å². The zero-order valence-electron chi connectivity index (χ0n) is 13.5. The van der Waals surface area contributed by atoms with Gasteiger partial charge in [0.15, 0.2) is 17.5 Å². The zero-order chi connectivity index (χ0) is 15.9. The second-order valence-electron chi connectivity index (χ2n) is 5.95. The number of likely N-dealkylation sites (tertiary alicyclic amines) is 1. The van der Waals surface area contributed by atoms with E-state index in [0.717, 1.165) is 38.3 Å². The van der Waals surface area contributed by atoms with Crippen LogP contribution >= 0.6 is 0 Å². The molecule has 122 valence electrons. The molecule has 1 aliphatic rings. The maximum Gasteiger partial charge on any atom is 0.191 e. The molecule has 22 heavy (non-hydrogen) atoms. The van der Waals surface area contributed by atoms with Gasteiger partial charge in [-0.3, -0.25) is 0 Å². The number of hydrogen-bond acceptors (Lipinski definition) is 2. The van der Waals surface area contributed by atoms with Crippen molar-refractivity contribution in [3.05, 3.63) is 30.1 Å². The number of rotatable bonds is 5. The summed E-state index contributed by atoms with van der Waals surface area (Å²) < 4.78 is 19.3. The molecule has 0 amide bonds. The Morgan fingerprint density at radius 2 is 2.09 bits per heavy atom. The van der Waals surface area contributed by atoms with E-state index in [2.05, 4.69) is 16.8 Å². The molecule has 2 rings (SSSR count). The second kappa shape index (κ2) is 8.01. The van der Waals surface area contributed by atoms with Gasteiger partial charge in [-0.15, -0.1) is 0 Å². The Balaban J connectivity index is 1.90. The number of nitrogens with zero attached hydrogens (tertiary/aromatic N) is 2. The first kappa shape index (κ1) is 16.6. The lowest BCUT2D eigenvalue weighted by molar-refractivity contribution is 0.195. The number of ether oxygens (including phenoxy) is 1. The van der Waals surface area contributed by atoms with E-state index in [9.17, 15) is 4.39 Å². The van der Waals surface area contributed by atoms with Crippen LogP contribution in [-0.4, -0.2) is 36.6 Å². The first-order valence-corrected chi connectivity index (χ1v) is 8.06. The smallest absolute Gasteiger partial charge is 0.191 e. The maximum absolute atomic E-state index is 13.6. The van der Waals surface area contributed by atoms with Gasteiger partial charge in [0.25, 0.3) is 0 Å². The van der Waals surface area contributed by atoms with Crippen LogP contribution < -0.4 is 10.5 Å². The van der Waals surface area contributed by atoms with Gasteiger partial charge in [0.2, 0.25) is 0 Å². The fraction of sp³-hybridized carbons (Fsp3) is 0.588. The number of guanidine groups is 1. The molecule has 0 aliphatic carbocycles. The number of benzene rings is 1. The lowest BCUT2D eigenvalue weighted by atomic mass is 10.00. The molecule has 1 aromatic carbocycles. The normalized spacial score (nSPS) is 18.3. The quantitative estimate of drug-likeness (QED) is 0.672. The van der Waals surface area contributed by atoms with Gasteiger partial charge >= 0.3 is 0 Å². The van der Waals surface area contributed by atoms with Crippen molar-refractivity contribution in [3.8, 4) is 5.75 Å². The van der Waals surface area contributed by atoms with Crippen LogP contribution in [0.2, 0.25) is 0 Å². The highest BCUT2D eigenvalue weighted by molar-refractivity contribution is 5.78. The summed E-state index contributed by atoms with van der Waals surface area (Å²) >= 11 is 0. The van der Waals surface area contributed by atoms with E-state index < -0.39 is 0 Å². The van der Waals surface area contributed by atoms with Crippen LogP contribution in [0.5, 0.6) is 5.75 Å². The summed E-state index contributed by atoms with van der Waals surface area (Å²) in [6, 6.07) is 6.44. The third kappa shape index (κ3) is 4.61. The minimum absolute atomic E-state index is 0.167. The van der Waals surface area contributed by atoms with Crippen molar-refractivity contribution < 1.29 is 9.13 Å². The van der Waals surface area contributed by atoms with Crippen LogP contribution in [0.3, 0.4) is 0 Å². The number of nitrogens with two attached hydrogens (primary N) is 1. The highest BCUT2D eigenvalue weighted by Crippen LogP contribution is 2.18. The number of piperidine rings is 1. The van der Waals surface area contributed by atoms with E-state index in [4.69, 9.17) is 10.5 Å². The molecular formula is C17H26FN3O. The summed E-state index contributed by atoms with van der Waals surface area (Å²) in [6.45, 7) is 6.63. The van der Waals surface area contributed by atoms with E-state index in [0.29, 0.717) is 12.5 Å². The summed E-state index contributed by atoms with van der Waals surface area (Å²) in [4.78, 5) is 6.56. The van der Waals surface area contributed by atoms with Crippen LogP contribution in [-0.2, 0) is 0 Å². The number of aliphatic imine (C=N–C) groups is 1. The van der Waals surface area contributed by atoms with Crippen LogP contribution in [0.15, 0.2) is 29.3 Å². The lowest BCUT2D eigenvalue weighted by Gasteiger charge is -2.31. The van der Waals surface area contributed by atoms with E-state index in [1.54, 1.807) is 18.2 Å². The van der Waals surface area contributed by atoms with E-state index in [1.165, 1.54) is 6.07 Å². The molecule has 2 N–H and O–H groups in total. The molecule has 1 unspecified atom stereocenters. The van der Waals surface area contributed by atoms with Crippen LogP contribution in [0.1, 0.15) is 33.1 Å². The van der Waals surface area contributed by atoms with Gasteiger partial charge in [-0.2, -0.15) is 0 Å². The molecule has 1 atom stereocenters. The molecule has 1 fully saturated rings. The molecule has 0 spiro atoms. The highest BCUT2D eigenvalue weighted by Gasteiger charge is 2.17. The first-order valence-electron chi connectivity index (χ1n) is 8.06. The van der Waals surface area contributed by atoms with Gasteiger partial charge < -0.3 is 15.4 Å². The Labute approximate surface area is 132 Å². The third-order valence-electron chi connectivity index (χ3n) is 4.15. The Bertz CT molecular complexity index is 498. The minimum atomic E-state index is -0.345. The Morgan fingerprint density at radius 3 is 2.73 bits per heavy atom. The molecule has 0 saturated carbocycles. The largest absolute Gasteiger partial charge is 0.485 e. The molecule has 0 bridgehead atoms. The van der Waals surface area contributed by atoms with Crippen molar-refractivity contribution >= 4 is 5.96 Å². The summed E-state index contributed by atoms with van der Waals surface area (Å²) in [7, 11) is 0. The van der Waals surface area contributed by atoms with Gasteiger partial charge in [0.1, 0.15) is 6.10 Å². The first-order chi connectivity index (χ1) is 10.6. The fourth-order valence-electron chi connectivity index (χ4n) is 2.50. The second-order valence-corrected chi connectivity index (χ2v) is 5.95. The molecule has 1 aliphatic heterocycles. The van der Waals surface area contributed by atoms with E-state index >= 15 is 0 Å². The number of para-hydroxylation sites is 1. The van der Waals surface area contributed by atoms with Crippen molar-refractivity contribution in [1.82, 2.24) is 4.90 Å². The van der Waals surface area contributed by atoms with Gasteiger partial charge in [-0.1, -0.05) is 26.0 Å². The standard InChI is InChI=1S/C17H26FN3O/c1-3-14(22-16-7-5-4-6-15(16)18)12-20-17(19)21-10-8-13(2)9-11-21/h4-7,13-14H,3,8-12H2,1-2H3,(H2,19,20). The zero-order valence-corrected chi connectivity index (χ0v) is 13.5. The van der Waals surface area contributed by atoms with Crippen molar-refractivity contribution in [3.63, 3.8) is 0 Å². The minimum Gasteiger partial charge on any atom is -0.485 e. The lowest BCUT2D eigenvalue weighted by Crippen LogP contribution is -2.43. The predicted octanol–water partition coefficient (Wildman–Crippen LogP) is 3.03. The molecule has 0 radical (unpaired) electrons. The molecule has 5 heteroatoms. The maximum atomic E-state index is 13.6. The van der Waals surface area contributed by atoms with Crippen LogP contribution in [0.25, 0.3) is 0 Å². The summed E-state index contributed by atoms with van der Waals surface area (Å²) in [5, 5.41) is 0. The van der Waals surface area contributed by atoms with Gasteiger partial charge in [-0.25, -0.2) is 9.38 Å². The SMILES string of the molecule is CCC(CN=C(N)N1CCC(C)CC1)Oc1ccccc1F. The highest BCUT2D eigenvalue weighted by atomic mass is 19.1. The molecular weight excluding hydrogens is 281 g/mol. The Kier molecular flexibility index (Phi) is 6.04. The molecule has 1 heterocycles. The van der Waals surface area contributed by atoms with Crippen molar-refractivity contribution in [2.75, 3.05) is 19.6 Å². The van der Waals surface area contributed by atoms with Crippen LogP contribution in [0.4, 0.5) is 4.39 Å². The topological polar surface area (TPSA) is 50.8 Å². The Morgan fingerprint density at radius 1 is 1.41 bits per heavy atom. The van der Waals surface area contributed by atoms with Crippen molar-refractivity contribution in [2.24, 2.45) is 16.6 Å². The molecule has 1 aromatic rings. The summed E-state index contributed by atoms with van der Waals surface area (Å²) in [6.07, 6.45) is 2.89. The average molecular weight is 307 g/mol. The Hall–Kier alpha value is -1.78. The molecule has 0 aromatic heterocycles. The van der Waals surface area contributed by atoms with Crippen molar-refractivity contribution in [1.29, 1.82) is 0 Å². The van der Waals surface area contributed by atoms with Gasteiger partial charge in [0.05, 0.1) is 6.54 Å². The fourth-order valence-corrected chi connectivity index (χ4v) is 2.50. The number of hydrogen-bond donors (Lipinski definition) is 1.